The number of ether oxygens (including phenoxy) is 1. The second kappa shape index (κ2) is 6.67. The summed E-state index contributed by atoms with van der Waals surface area (Å²) in [5.74, 6) is 0.885. The first-order chi connectivity index (χ1) is 9.56. The molecule has 0 aliphatic heterocycles. The minimum absolute atomic E-state index is 0.153. The molecule has 1 N–H and O–H groups in total. The first-order valence-corrected chi connectivity index (χ1v) is 7.21. The molecule has 20 heavy (non-hydrogen) atoms. The Morgan fingerprint density at radius 1 is 0.950 bits per heavy atom. The molecule has 1 atom stereocenters. The molecule has 0 aromatic heterocycles. The highest BCUT2D eigenvalue weighted by Gasteiger charge is 2.08. The summed E-state index contributed by atoms with van der Waals surface area (Å²) < 4.78 is 5.63. The number of halogens is 1. The standard InChI is InChI=1S/C17H20ClNO/c1-12(2)20-15-10-8-14(9-11-15)19-13(3)16-6-4-5-7-17(16)18/h4-13,19H,1-3H3. The van der Waals surface area contributed by atoms with Crippen LogP contribution in [0.4, 0.5) is 5.69 Å². The quantitative estimate of drug-likeness (QED) is 0.806. The van der Waals surface area contributed by atoms with Crippen LogP contribution in [0.25, 0.3) is 0 Å². The number of nitrogens with one attached hydrogen (secondary N) is 1. The van der Waals surface area contributed by atoms with E-state index in [1.807, 2.05) is 62.4 Å². The van der Waals surface area contributed by atoms with Crippen molar-refractivity contribution in [2.45, 2.75) is 32.9 Å². The van der Waals surface area contributed by atoms with Crippen molar-refractivity contribution >= 4 is 17.3 Å². The van der Waals surface area contributed by atoms with E-state index < -0.39 is 0 Å². The smallest absolute Gasteiger partial charge is 0.119 e. The zero-order valence-corrected chi connectivity index (χ0v) is 12.8. The summed E-state index contributed by atoms with van der Waals surface area (Å²) in [6.45, 7) is 6.14. The van der Waals surface area contributed by atoms with Crippen molar-refractivity contribution in [3.63, 3.8) is 0 Å². The molecule has 1 unspecified atom stereocenters. The summed E-state index contributed by atoms with van der Waals surface area (Å²) in [4.78, 5) is 0. The van der Waals surface area contributed by atoms with E-state index in [1.165, 1.54) is 0 Å². The fraction of sp³-hybridized carbons (Fsp3) is 0.294. The van der Waals surface area contributed by atoms with E-state index in [2.05, 4.69) is 12.2 Å². The van der Waals surface area contributed by atoms with Crippen LogP contribution in [0.3, 0.4) is 0 Å². The van der Waals surface area contributed by atoms with Crippen LogP contribution in [0.2, 0.25) is 5.02 Å². The Bertz CT molecular complexity index is 551. The van der Waals surface area contributed by atoms with Crippen LogP contribution >= 0.6 is 11.6 Å². The SMILES string of the molecule is CC(C)Oc1ccc(NC(C)c2ccccc2Cl)cc1. The van der Waals surface area contributed by atoms with Gasteiger partial charge in [0, 0.05) is 16.8 Å². The lowest BCUT2D eigenvalue weighted by Gasteiger charge is -2.17. The Hall–Kier alpha value is -1.67. The molecule has 0 amide bonds. The van der Waals surface area contributed by atoms with Gasteiger partial charge in [-0.25, -0.2) is 0 Å². The van der Waals surface area contributed by atoms with Gasteiger partial charge in [0.2, 0.25) is 0 Å². The Morgan fingerprint density at radius 3 is 2.20 bits per heavy atom. The van der Waals surface area contributed by atoms with Gasteiger partial charge < -0.3 is 10.1 Å². The normalized spacial score (nSPS) is 12.2. The topological polar surface area (TPSA) is 21.3 Å². The van der Waals surface area contributed by atoms with Gasteiger partial charge in [-0.3, -0.25) is 0 Å². The van der Waals surface area contributed by atoms with Crippen molar-refractivity contribution in [3.05, 3.63) is 59.1 Å². The summed E-state index contributed by atoms with van der Waals surface area (Å²) in [5, 5.41) is 4.22. The van der Waals surface area contributed by atoms with Gasteiger partial charge in [-0.1, -0.05) is 29.8 Å². The number of benzene rings is 2. The molecule has 0 radical (unpaired) electrons. The van der Waals surface area contributed by atoms with Crippen LogP contribution in [0.5, 0.6) is 5.75 Å². The maximum Gasteiger partial charge on any atom is 0.119 e. The lowest BCUT2D eigenvalue weighted by molar-refractivity contribution is 0.242. The van der Waals surface area contributed by atoms with Crippen LogP contribution in [0, 0.1) is 0 Å². The molecular formula is C17H20ClNO. The fourth-order valence-electron chi connectivity index (χ4n) is 2.06. The Kier molecular flexibility index (Phi) is 4.91. The van der Waals surface area contributed by atoms with E-state index >= 15 is 0 Å². The van der Waals surface area contributed by atoms with E-state index in [-0.39, 0.29) is 12.1 Å². The maximum absolute atomic E-state index is 6.21. The highest BCUT2D eigenvalue weighted by Crippen LogP contribution is 2.26. The Labute approximate surface area is 125 Å². The van der Waals surface area contributed by atoms with E-state index in [9.17, 15) is 0 Å². The zero-order valence-electron chi connectivity index (χ0n) is 12.1. The Morgan fingerprint density at radius 2 is 1.60 bits per heavy atom. The van der Waals surface area contributed by atoms with Gasteiger partial charge >= 0.3 is 0 Å². The predicted octanol–water partition coefficient (Wildman–Crippen LogP) is 5.30. The highest BCUT2D eigenvalue weighted by atomic mass is 35.5. The van der Waals surface area contributed by atoms with Crippen molar-refractivity contribution in [2.24, 2.45) is 0 Å². The molecule has 0 bridgehead atoms. The summed E-state index contributed by atoms with van der Waals surface area (Å²) >= 11 is 6.21. The molecule has 0 spiro atoms. The number of anilines is 1. The van der Waals surface area contributed by atoms with E-state index in [4.69, 9.17) is 16.3 Å². The van der Waals surface area contributed by atoms with Gasteiger partial charge in [0.05, 0.1) is 6.10 Å². The van der Waals surface area contributed by atoms with E-state index in [1.54, 1.807) is 0 Å². The fourth-order valence-corrected chi connectivity index (χ4v) is 2.36. The average Bonchev–Trinajstić information content (AvgIpc) is 2.41. The summed E-state index contributed by atoms with van der Waals surface area (Å²) in [5.41, 5.74) is 2.14. The van der Waals surface area contributed by atoms with E-state index in [0.717, 1.165) is 22.0 Å². The number of hydrogen-bond donors (Lipinski definition) is 1. The third-order valence-electron chi connectivity index (χ3n) is 2.98. The summed E-state index contributed by atoms with van der Waals surface area (Å²) in [6, 6.07) is 16.0. The molecule has 2 nitrogen and oxygen atoms in total. The van der Waals surface area contributed by atoms with Gasteiger partial charge in [0.1, 0.15) is 5.75 Å². The molecule has 2 aromatic carbocycles. The third-order valence-corrected chi connectivity index (χ3v) is 3.33. The van der Waals surface area contributed by atoms with Crippen molar-refractivity contribution < 1.29 is 4.74 Å². The zero-order chi connectivity index (χ0) is 14.5. The largest absolute Gasteiger partial charge is 0.491 e. The second-order valence-electron chi connectivity index (χ2n) is 5.08. The highest BCUT2D eigenvalue weighted by molar-refractivity contribution is 6.31. The van der Waals surface area contributed by atoms with Gasteiger partial charge in [0.15, 0.2) is 0 Å². The monoisotopic (exact) mass is 289 g/mol. The minimum atomic E-state index is 0.153. The lowest BCUT2D eigenvalue weighted by atomic mass is 10.1. The van der Waals surface area contributed by atoms with Crippen LogP contribution in [0.1, 0.15) is 32.4 Å². The molecule has 3 heteroatoms. The maximum atomic E-state index is 6.21. The van der Waals surface area contributed by atoms with Gasteiger partial charge in [-0.05, 0) is 56.7 Å². The molecule has 0 saturated carbocycles. The molecule has 106 valence electrons. The molecule has 2 aromatic rings. The van der Waals surface area contributed by atoms with Gasteiger partial charge in [-0.2, -0.15) is 0 Å². The van der Waals surface area contributed by atoms with E-state index in [0.29, 0.717) is 0 Å². The van der Waals surface area contributed by atoms with Gasteiger partial charge in [0.25, 0.3) is 0 Å². The molecule has 0 fully saturated rings. The number of rotatable bonds is 5. The lowest BCUT2D eigenvalue weighted by Crippen LogP contribution is -2.08. The predicted molar refractivity (Wildman–Crippen MR) is 85.7 cm³/mol. The summed E-state index contributed by atoms with van der Waals surface area (Å²) in [7, 11) is 0. The first-order valence-electron chi connectivity index (χ1n) is 6.84. The van der Waals surface area contributed by atoms with Crippen LogP contribution in [0.15, 0.2) is 48.5 Å². The molecule has 0 saturated heterocycles. The van der Waals surface area contributed by atoms with Crippen molar-refractivity contribution in [2.75, 3.05) is 5.32 Å². The molecule has 0 heterocycles. The van der Waals surface area contributed by atoms with Crippen LogP contribution < -0.4 is 10.1 Å². The van der Waals surface area contributed by atoms with Crippen LogP contribution in [-0.2, 0) is 0 Å². The van der Waals surface area contributed by atoms with Crippen LogP contribution in [-0.4, -0.2) is 6.10 Å². The van der Waals surface area contributed by atoms with Crippen molar-refractivity contribution in [1.82, 2.24) is 0 Å². The summed E-state index contributed by atoms with van der Waals surface area (Å²) in [6.07, 6.45) is 0.191. The molecular weight excluding hydrogens is 270 g/mol. The van der Waals surface area contributed by atoms with Crippen molar-refractivity contribution in [3.8, 4) is 5.75 Å². The molecule has 2 rings (SSSR count). The van der Waals surface area contributed by atoms with Gasteiger partial charge in [-0.15, -0.1) is 0 Å². The second-order valence-corrected chi connectivity index (χ2v) is 5.49. The Balaban J connectivity index is 2.05. The molecule has 0 aliphatic rings. The molecule has 0 aliphatic carbocycles. The number of hydrogen-bond acceptors (Lipinski definition) is 2. The van der Waals surface area contributed by atoms with Crippen molar-refractivity contribution in [1.29, 1.82) is 0 Å². The third kappa shape index (κ3) is 3.91. The minimum Gasteiger partial charge on any atom is -0.491 e. The first kappa shape index (κ1) is 14.7. The average molecular weight is 290 g/mol.